The molecule has 100 valence electrons. The van der Waals surface area contributed by atoms with E-state index in [9.17, 15) is 0 Å². The summed E-state index contributed by atoms with van der Waals surface area (Å²) in [6.45, 7) is 6.33. The number of hydrogen-bond donors (Lipinski definition) is 0. The quantitative estimate of drug-likeness (QED) is 0.852. The van der Waals surface area contributed by atoms with E-state index < -0.39 is 0 Å². The normalized spacial score (nSPS) is 17.3. The molecule has 4 heteroatoms. The van der Waals surface area contributed by atoms with Gasteiger partial charge in [-0.1, -0.05) is 35.8 Å². The fourth-order valence-corrected chi connectivity index (χ4v) is 2.65. The second kappa shape index (κ2) is 5.70. The Hall–Kier alpha value is -0.420. The van der Waals surface area contributed by atoms with Crippen molar-refractivity contribution >= 4 is 15.9 Å². The molecule has 1 aliphatic heterocycles. The van der Waals surface area contributed by atoms with Crippen molar-refractivity contribution in [3.63, 3.8) is 0 Å². The molecule has 1 saturated heterocycles. The van der Waals surface area contributed by atoms with Crippen LogP contribution in [-0.2, 0) is 19.6 Å². The van der Waals surface area contributed by atoms with Crippen molar-refractivity contribution in [2.45, 2.75) is 25.6 Å². The maximum atomic E-state index is 5.55. The summed E-state index contributed by atoms with van der Waals surface area (Å²) in [6.07, 6.45) is -0.236. The third-order valence-electron chi connectivity index (χ3n) is 3.10. The number of rotatable bonds is 4. The minimum atomic E-state index is -0.236. The van der Waals surface area contributed by atoms with Gasteiger partial charge in [0.2, 0.25) is 0 Å². The average Bonchev–Trinajstić information content (AvgIpc) is 2.81. The van der Waals surface area contributed by atoms with Crippen molar-refractivity contribution in [3.8, 4) is 0 Å². The molecular formula is C14H19BrO3. The number of halogens is 1. The second-order valence-electron chi connectivity index (χ2n) is 5.16. The molecular weight excluding hydrogens is 296 g/mol. The summed E-state index contributed by atoms with van der Waals surface area (Å²) < 4.78 is 17.4. The highest BCUT2D eigenvalue weighted by Crippen LogP contribution is 2.32. The lowest BCUT2D eigenvalue weighted by Gasteiger charge is -2.25. The van der Waals surface area contributed by atoms with Crippen LogP contribution >= 0.6 is 15.9 Å². The maximum absolute atomic E-state index is 5.55. The monoisotopic (exact) mass is 314 g/mol. The first-order valence-electron chi connectivity index (χ1n) is 6.06. The molecule has 0 aliphatic carbocycles. The summed E-state index contributed by atoms with van der Waals surface area (Å²) in [5, 5.41) is 0. The van der Waals surface area contributed by atoms with E-state index in [1.807, 2.05) is 6.07 Å². The third kappa shape index (κ3) is 3.12. The summed E-state index contributed by atoms with van der Waals surface area (Å²) in [5.41, 5.74) is 2.24. The van der Waals surface area contributed by atoms with Gasteiger partial charge in [0, 0.05) is 22.6 Å². The standard InChI is InChI=1S/C14H19BrO3/c1-14(2,9-16-3)11-6-10(7-12(15)8-11)13-17-4-5-18-13/h6-8,13H,4-5,9H2,1-3H3. The van der Waals surface area contributed by atoms with Gasteiger partial charge in [-0.15, -0.1) is 0 Å². The Labute approximate surface area is 117 Å². The molecule has 1 aromatic carbocycles. The van der Waals surface area contributed by atoms with Crippen molar-refractivity contribution in [2.75, 3.05) is 26.9 Å². The Kier molecular flexibility index (Phi) is 4.43. The molecule has 0 spiro atoms. The lowest BCUT2D eigenvalue weighted by atomic mass is 9.84. The number of ether oxygens (including phenoxy) is 3. The van der Waals surface area contributed by atoms with Gasteiger partial charge in [0.25, 0.3) is 0 Å². The number of hydrogen-bond acceptors (Lipinski definition) is 3. The van der Waals surface area contributed by atoms with Crippen molar-refractivity contribution in [1.29, 1.82) is 0 Å². The lowest BCUT2D eigenvalue weighted by Crippen LogP contribution is -2.24. The van der Waals surface area contributed by atoms with E-state index in [-0.39, 0.29) is 11.7 Å². The van der Waals surface area contributed by atoms with Crippen LogP contribution in [0.2, 0.25) is 0 Å². The molecule has 18 heavy (non-hydrogen) atoms. The Morgan fingerprint density at radius 3 is 2.56 bits per heavy atom. The van der Waals surface area contributed by atoms with E-state index >= 15 is 0 Å². The van der Waals surface area contributed by atoms with E-state index in [0.717, 1.165) is 10.0 Å². The van der Waals surface area contributed by atoms with Gasteiger partial charge < -0.3 is 14.2 Å². The molecule has 0 amide bonds. The molecule has 0 saturated carbocycles. The summed E-state index contributed by atoms with van der Waals surface area (Å²) in [7, 11) is 1.73. The van der Waals surface area contributed by atoms with Gasteiger partial charge in [-0.05, 0) is 17.7 Å². The largest absolute Gasteiger partial charge is 0.384 e. The van der Waals surface area contributed by atoms with E-state index in [1.165, 1.54) is 5.56 Å². The van der Waals surface area contributed by atoms with Gasteiger partial charge in [-0.25, -0.2) is 0 Å². The third-order valence-corrected chi connectivity index (χ3v) is 3.56. The molecule has 0 aromatic heterocycles. The predicted molar refractivity (Wildman–Crippen MR) is 73.7 cm³/mol. The van der Waals surface area contributed by atoms with Crippen LogP contribution in [0.4, 0.5) is 0 Å². The van der Waals surface area contributed by atoms with Crippen molar-refractivity contribution in [1.82, 2.24) is 0 Å². The summed E-state index contributed by atoms with van der Waals surface area (Å²) >= 11 is 3.55. The van der Waals surface area contributed by atoms with Gasteiger partial charge in [0.05, 0.1) is 19.8 Å². The molecule has 1 fully saturated rings. The summed E-state index contributed by atoms with van der Waals surface area (Å²) in [4.78, 5) is 0. The molecule has 1 aromatic rings. The average molecular weight is 315 g/mol. The van der Waals surface area contributed by atoms with Gasteiger partial charge in [0.1, 0.15) is 0 Å². The zero-order chi connectivity index (χ0) is 13.2. The highest BCUT2D eigenvalue weighted by atomic mass is 79.9. The zero-order valence-corrected chi connectivity index (χ0v) is 12.6. The molecule has 0 atom stereocenters. The zero-order valence-electron chi connectivity index (χ0n) is 11.0. The molecule has 0 N–H and O–H groups in total. The lowest BCUT2D eigenvalue weighted by molar-refractivity contribution is -0.0442. The Morgan fingerprint density at radius 1 is 1.28 bits per heavy atom. The van der Waals surface area contributed by atoms with Gasteiger partial charge in [-0.3, -0.25) is 0 Å². The van der Waals surface area contributed by atoms with Crippen molar-refractivity contribution in [2.24, 2.45) is 0 Å². The first-order valence-corrected chi connectivity index (χ1v) is 6.85. The van der Waals surface area contributed by atoms with E-state index in [4.69, 9.17) is 14.2 Å². The van der Waals surface area contributed by atoms with Gasteiger partial charge in [-0.2, -0.15) is 0 Å². The van der Waals surface area contributed by atoms with E-state index in [2.05, 4.69) is 41.9 Å². The Bertz CT molecular complexity index is 412. The molecule has 3 nitrogen and oxygen atoms in total. The van der Waals surface area contributed by atoms with Crippen LogP contribution in [0.3, 0.4) is 0 Å². The van der Waals surface area contributed by atoms with Crippen molar-refractivity contribution < 1.29 is 14.2 Å². The molecule has 2 rings (SSSR count). The Balaban J connectivity index is 2.31. The van der Waals surface area contributed by atoms with Gasteiger partial charge in [0.15, 0.2) is 6.29 Å². The maximum Gasteiger partial charge on any atom is 0.184 e. The highest BCUT2D eigenvalue weighted by molar-refractivity contribution is 9.10. The van der Waals surface area contributed by atoms with E-state index in [0.29, 0.717) is 19.8 Å². The van der Waals surface area contributed by atoms with Crippen LogP contribution < -0.4 is 0 Å². The van der Waals surface area contributed by atoms with Crippen molar-refractivity contribution in [3.05, 3.63) is 33.8 Å². The predicted octanol–water partition coefficient (Wildman–Crippen LogP) is 3.42. The number of methoxy groups -OCH3 is 1. The smallest absolute Gasteiger partial charge is 0.184 e. The fraction of sp³-hybridized carbons (Fsp3) is 0.571. The van der Waals surface area contributed by atoms with Crippen LogP contribution in [0, 0.1) is 0 Å². The van der Waals surface area contributed by atoms with Crippen LogP contribution in [0.15, 0.2) is 22.7 Å². The van der Waals surface area contributed by atoms with Crippen LogP contribution in [-0.4, -0.2) is 26.9 Å². The summed E-state index contributed by atoms with van der Waals surface area (Å²) in [5.74, 6) is 0. The first kappa shape index (κ1) is 14.0. The van der Waals surface area contributed by atoms with Crippen LogP contribution in [0.5, 0.6) is 0 Å². The molecule has 0 bridgehead atoms. The minimum Gasteiger partial charge on any atom is -0.384 e. The first-order chi connectivity index (χ1) is 8.53. The highest BCUT2D eigenvalue weighted by Gasteiger charge is 2.24. The second-order valence-corrected chi connectivity index (χ2v) is 6.08. The minimum absolute atomic E-state index is 0.0358. The fourth-order valence-electron chi connectivity index (χ4n) is 2.13. The number of benzene rings is 1. The van der Waals surface area contributed by atoms with Gasteiger partial charge >= 0.3 is 0 Å². The summed E-state index contributed by atoms with van der Waals surface area (Å²) in [6, 6.07) is 6.31. The molecule has 1 heterocycles. The SMILES string of the molecule is COCC(C)(C)c1cc(Br)cc(C2OCCO2)c1. The van der Waals surface area contributed by atoms with Crippen LogP contribution in [0.25, 0.3) is 0 Å². The van der Waals surface area contributed by atoms with Crippen LogP contribution in [0.1, 0.15) is 31.3 Å². The van der Waals surface area contributed by atoms with E-state index in [1.54, 1.807) is 7.11 Å². The Morgan fingerprint density at radius 2 is 1.94 bits per heavy atom. The molecule has 0 unspecified atom stereocenters. The molecule has 1 aliphatic rings. The topological polar surface area (TPSA) is 27.7 Å². The molecule has 0 radical (unpaired) electrons.